The highest BCUT2D eigenvalue weighted by atomic mass is 35.5. The number of hydrogen-bond donors (Lipinski definition) is 1. The number of hydrogen-bond acceptors (Lipinski definition) is 3. The molecule has 1 aromatic heterocycles. The summed E-state index contributed by atoms with van der Waals surface area (Å²) in [7, 11) is 1.34. The standard InChI is InChI=1S/C6H6ClNO3/c1-10-8-6(9)4-2-3-11-5(4)7/h2-3H,1H3,(H,8,9). The molecule has 1 heterocycles. The van der Waals surface area contributed by atoms with E-state index in [0.29, 0.717) is 0 Å². The summed E-state index contributed by atoms with van der Waals surface area (Å²) in [4.78, 5) is 15.3. The van der Waals surface area contributed by atoms with Gasteiger partial charge in [0.2, 0.25) is 5.22 Å². The number of amides is 1. The molecule has 5 heteroatoms. The van der Waals surface area contributed by atoms with Crippen molar-refractivity contribution in [3.8, 4) is 0 Å². The zero-order valence-corrected chi connectivity index (χ0v) is 6.51. The molecule has 1 amide bonds. The fourth-order valence-corrected chi connectivity index (χ4v) is 0.804. The van der Waals surface area contributed by atoms with E-state index in [1.54, 1.807) is 0 Å². The molecular weight excluding hydrogens is 170 g/mol. The summed E-state index contributed by atoms with van der Waals surface area (Å²) in [6.07, 6.45) is 1.33. The smallest absolute Gasteiger partial charge is 0.279 e. The van der Waals surface area contributed by atoms with Crippen LogP contribution in [-0.2, 0) is 4.84 Å². The Balaban J connectivity index is 2.76. The first kappa shape index (κ1) is 8.10. The molecule has 0 aliphatic rings. The van der Waals surface area contributed by atoms with Crippen molar-refractivity contribution in [2.24, 2.45) is 0 Å². The number of carbonyl (C=O) groups is 1. The van der Waals surface area contributed by atoms with E-state index >= 15 is 0 Å². The van der Waals surface area contributed by atoms with Gasteiger partial charge in [-0.2, -0.15) is 0 Å². The maximum absolute atomic E-state index is 10.9. The van der Waals surface area contributed by atoms with Gasteiger partial charge in [-0.05, 0) is 17.7 Å². The minimum absolute atomic E-state index is 0.0551. The van der Waals surface area contributed by atoms with Crippen molar-refractivity contribution in [3.05, 3.63) is 23.1 Å². The Labute approximate surface area is 68.0 Å². The summed E-state index contributed by atoms with van der Waals surface area (Å²) in [6.45, 7) is 0. The molecule has 0 aliphatic carbocycles. The van der Waals surface area contributed by atoms with Gasteiger partial charge in [0, 0.05) is 0 Å². The molecule has 0 fully saturated rings. The van der Waals surface area contributed by atoms with Crippen molar-refractivity contribution in [3.63, 3.8) is 0 Å². The van der Waals surface area contributed by atoms with Crippen molar-refractivity contribution in [1.29, 1.82) is 0 Å². The SMILES string of the molecule is CONC(=O)c1ccoc1Cl. The average Bonchev–Trinajstić information content (AvgIpc) is 2.36. The minimum atomic E-state index is -0.425. The van der Waals surface area contributed by atoms with E-state index in [-0.39, 0.29) is 10.8 Å². The van der Waals surface area contributed by atoms with Gasteiger partial charge in [0.1, 0.15) is 0 Å². The molecule has 1 aromatic rings. The molecule has 0 saturated heterocycles. The topological polar surface area (TPSA) is 51.5 Å². The predicted molar refractivity (Wildman–Crippen MR) is 38.2 cm³/mol. The number of hydroxylamine groups is 1. The Kier molecular flexibility index (Phi) is 2.51. The maximum Gasteiger partial charge on any atom is 0.279 e. The van der Waals surface area contributed by atoms with Crippen LogP contribution in [-0.4, -0.2) is 13.0 Å². The van der Waals surface area contributed by atoms with Crippen LogP contribution in [0, 0.1) is 0 Å². The molecule has 0 atom stereocenters. The molecule has 4 nitrogen and oxygen atoms in total. The molecule has 11 heavy (non-hydrogen) atoms. The molecule has 1 rings (SSSR count). The fraction of sp³-hybridized carbons (Fsp3) is 0.167. The third kappa shape index (κ3) is 1.72. The largest absolute Gasteiger partial charge is 0.452 e. The molecule has 0 aliphatic heterocycles. The van der Waals surface area contributed by atoms with Crippen LogP contribution in [0.1, 0.15) is 10.4 Å². The lowest BCUT2D eigenvalue weighted by molar-refractivity contribution is 0.0537. The van der Waals surface area contributed by atoms with Gasteiger partial charge in [0.05, 0.1) is 18.9 Å². The molecule has 0 radical (unpaired) electrons. The van der Waals surface area contributed by atoms with Crippen molar-refractivity contribution >= 4 is 17.5 Å². The zero-order valence-electron chi connectivity index (χ0n) is 5.76. The molecule has 0 saturated carbocycles. The summed E-state index contributed by atoms with van der Waals surface area (Å²) >= 11 is 5.49. The number of halogens is 1. The zero-order chi connectivity index (χ0) is 8.27. The molecule has 0 spiro atoms. The van der Waals surface area contributed by atoms with E-state index in [1.807, 2.05) is 0 Å². The maximum atomic E-state index is 10.9. The number of nitrogens with one attached hydrogen (secondary N) is 1. The monoisotopic (exact) mass is 175 g/mol. The first-order chi connectivity index (χ1) is 5.25. The number of carbonyl (C=O) groups excluding carboxylic acids is 1. The van der Waals surface area contributed by atoms with Crippen LogP contribution in [0.3, 0.4) is 0 Å². The van der Waals surface area contributed by atoms with Crippen molar-refractivity contribution in [1.82, 2.24) is 5.48 Å². The van der Waals surface area contributed by atoms with Gasteiger partial charge in [-0.15, -0.1) is 0 Å². The van der Waals surface area contributed by atoms with Crippen LogP contribution < -0.4 is 5.48 Å². The lowest BCUT2D eigenvalue weighted by Gasteiger charge is -1.97. The first-order valence-electron chi connectivity index (χ1n) is 2.82. The summed E-state index contributed by atoms with van der Waals surface area (Å²) < 4.78 is 4.68. The quantitative estimate of drug-likeness (QED) is 0.688. The minimum Gasteiger partial charge on any atom is -0.452 e. The molecule has 0 bridgehead atoms. The van der Waals surface area contributed by atoms with E-state index in [0.717, 1.165) is 0 Å². The average molecular weight is 176 g/mol. The van der Waals surface area contributed by atoms with Gasteiger partial charge in [-0.25, -0.2) is 5.48 Å². The van der Waals surface area contributed by atoms with Gasteiger partial charge in [-0.3, -0.25) is 9.63 Å². The van der Waals surface area contributed by atoms with Crippen LogP contribution >= 0.6 is 11.6 Å². The third-order valence-electron chi connectivity index (χ3n) is 1.06. The fourth-order valence-electron chi connectivity index (χ4n) is 0.603. The van der Waals surface area contributed by atoms with E-state index in [1.165, 1.54) is 19.4 Å². The van der Waals surface area contributed by atoms with Gasteiger partial charge in [0.15, 0.2) is 0 Å². The predicted octanol–water partition coefficient (Wildman–Crippen LogP) is 1.22. The van der Waals surface area contributed by atoms with Crippen molar-refractivity contribution < 1.29 is 14.0 Å². The first-order valence-corrected chi connectivity index (χ1v) is 3.20. The summed E-state index contributed by atoms with van der Waals surface area (Å²) in [5.74, 6) is -0.425. The van der Waals surface area contributed by atoms with Gasteiger partial charge < -0.3 is 4.42 Å². The van der Waals surface area contributed by atoms with Crippen LogP contribution in [0.4, 0.5) is 0 Å². The van der Waals surface area contributed by atoms with Crippen LogP contribution in [0.5, 0.6) is 0 Å². The molecule has 0 aromatic carbocycles. The molecular formula is C6H6ClNO3. The number of furan rings is 1. The van der Waals surface area contributed by atoms with Gasteiger partial charge in [-0.1, -0.05) is 0 Å². The number of rotatable bonds is 2. The van der Waals surface area contributed by atoms with E-state index in [9.17, 15) is 4.79 Å². The normalized spacial score (nSPS) is 9.64. The molecule has 0 unspecified atom stereocenters. The Bertz CT molecular complexity index is 258. The van der Waals surface area contributed by atoms with Crippen LogP contribution in [0.2, 0.25) is 5.22 Å². The van der Waals surface area contributed by atoms with Gasteiger partial charge >= 0.3 is 0 Å². The summed E-state index contributed by atoms with van der Waals surface area (Å²) in [5.41, 5.74) is 2.36. The highest BCUT2D eigenvalue weighted by molar-refractivity contribution is 6.32. The van der Waals surface area contributed by atoms with E-state index < -0.39 is 5.91 Å². The second-order valence-corrected chi connectivity index (χ2v) is 2.09. The Morgan fingerprint density at radius 1 is 1.82 bits per heavy atom. The summed E-state index contributed by atoms with van der Waals surface area (Å²) in [6, 6.07) is 1.46. The second kappa shape index (κ2) is 3.41. The highest BCUT2D eigenvalue weighted by Crippen LogP contribution is 2.15. The third-order valence-corrected chi connectivity index (χ3v) is 1.35. The molecule has 60 valence electrons. The molecule has 1 N–H and O–H groups in total. The lowest BCUT2D eigenvalue weighted by atomic mass is 10.3. The highest BCUT2D eigenvalue weighted by Gasteiger charge is 2.11. The Morgan fingerprint density at radius 3 is 3.00 bits per heavy atom. The second-order valence-electron chi connectivity index (χ2n) is 1.74. The summed E-state index contributed by atoms with van der Waals surface area (Å²) in [5, 5.41) is 0.0551. The van der Waals surface area contributed by atoms with E-state index in [2.05, 4.69) is 14.7 Å². The van der Waals surface area contributed by atoms with Gasteiger partial charge in [0.25, 0.3) is 5.91 Å². The van der Waals surface area contributed by atoms with Crippen LogP contribution in [0.25, 0.3) is 0 Å². The van der Waals surface area contributed by atoms with Crippen LogP contribution in [0.15, 0.2) is 16.7 Å². The van der Waals surface area contributed by atoms with E-state index in [4.69, 9.17) is 11.6 Å². The van der Waals surface area contributed by atoms with Crippen molar-refractivity contribution in [2.45, 2.75) is 0 Å². The van der Waals surface area contributed by atoms with Crippen molar-refractivity contribution in [2.75, 3.05) is 7.11 Å². The lowest BCUT2D eigenvalue weighted by Crippen LogP contribution is -2.21. The Morgan fingerprint density at radius 2 is 2.55 bits per heavy atom. The Hall–Kier alpha value is -1.00.